The fourth-order valence-electron chi connectivity index (χ4n) is 2.92. The molecule has 0 aliphatic carbocycles. The van der Waals surface area contributed by atoms with Gasteiger partial charge in [0.15, 0.2) is 11.5 Å². The van der Waals surface area contributed by atoms with E-state index in [4.69, 9.17) is 9.47 Å². The third kappa shape index (κ3) is 4.88. The van der Waals surface area contributed by atoms with Gasteiger partial charge in [-0.05, 0) is 29.8 Å². The second-order valence-corrected chi connectivity index (χ2v) is 6.39. The maximum atomic E-state index is 12.2. The van der Waals surface area contributed by atoms with Gasteiger partial charge in [0.2, 0.25) is 5.91 Å². The Morgan fingerprint density at radius 3 is 2.43 bits per heavy atom. The van der Waals surface area contributed by atoms with Gasteiger partial charge in [-0.15, -0.1) is 0 Å². The van der Waals surface area contributed by atoms with Gasteiger partial charge in [-0.3, -0.25) is 25.2 Å². The molecule has 3 rings (SSSR count). The summed E-state index contributed by atoms with van der Waals surface area (Å²) in [4.78, 5) is 39.3. The molecule has 0 fully saturated rings. The van der Waals surface area contributed by atoms with E-state index in [1.165, 1.54) is 20.3 Å². The van der Waals surface area contributed by atoms with Crippen LogP contribution in [0.5, 0.6) is 11.5 Å². The van der Waals surface area contributed by atoms with Gasteiger partial charge in [0.1, 0.15) is 0 Å². The number of methoxy groups -OCH3 is 2. The Balaban J connectivity index is 1.46. The zero-order valence-electron chi connectivity index (χ0n) is 16.6. The molecule has 9 nitrogen and oxygen atoms in total. The molecule has 0 aliphatic rings. The van der Waals surface area contributed by atoms with Gasteiger partial charge in [0.05, 0.1) is 27.2 Å². The average Bonchev–Trinajstić information content (AvgIpc) is 3.18. The lowest BCUT2D eigenvalue weighted by atomic mass is 10.1. The van der Waals surface area contributed by atoms with Crippen molar-refractivity contribution in [3.8, 4) is 11.5 Å². The van der Waals surface area contributed by atoms with Crippen molar-refractivity contribution in [2.45, 2.75) is 6.42 Å². The molecule has 0 atom stereocenters. The predicted octanol–water partition coefficient (Wildman–Crippen LogP) is 1.31. The third-order valence-electron chi connectivity index (χ3n) is 4.42. The summed E-state index contributed by atoms with van der Waals surface area (Å²) in [7, 11) is 2.96. The molecule has 0 bridgehead atoms. The zero-order chi connectivity index (χ0) is 21.5. The molecule has 2 aromatic carbocycles. The summed E-state index contributed by atoms with van der Waals surface area (Å²) in [6.07, 6.45) is 1.86. The number of nitrogens with one attached hydrogen (secondary N) is 4. The number of carbonyl (C=O) groups excluding carboxylic acids is 3. The van der Waals surface area contributed by atoms with Crippen molar-refractivity contribution >= 4 is 28.6 Å². The van der Waals surface area contributed by atoms with Gasteiger partial charge < -0.3 is 19.8 Å². The lowest BCUT2D eigenvalue weighted by Crippen LogP contribution is -2.46. The minimum absolute atomic E-state index is 0.0995. The smallest absolute Gasteiger partial charge is 0.257 e. The first-order valence-corrected chi connectivity index (χ1v) is 9.14. The Kier molecular flexibility index (Phi) is 6.53. The Morgan fingerprint density at radius 2 is 1.67 bits per heavy atom. The van der Waals surface area contributed by atoms with Crippen LogP contribution in [0.4, 0.5) is 0 Å². The highest BCUT2D eigenvalue weighted by atomic mass is 16.5. The summed E-state index contributed by atoms with van der Waals surface area (Å²) >= 11 is 0. The molecule has 0 saturated heterocycles. The molecule has 0 spiro atoms. The first kappa shape index (κ1) is 20.7. The second kappa shape index (κ2) is 9.46. The van der Waals surface area contributed by atoms with E-state index in [1.54, 1.807) is 18.3 Å². The van der Waals surface area contributed by atoms with E-state index < -0.39 is 11.8 Å². The molecule has 4 N–H and O–H groups in total. The van der Waals surface area contributed by atoms with Crippen LogP contribution in [0, 0.1) is 0 Å². The Bertz CT molecular complexity index is 1080. The molecule has 0 saturated carbocycles. The number of para-hydroxylation sites is 1. The molecular weight excluding hydrogens is 388 g/mol. The van der Waals surface area contributed by atoms with Gasteiger partial charge in [-0.2, -0.15) is 0 Å². The van der Waals surface area contributed by atoms with Crippen molar-refractivity contribution in [1.82, 2.24) is 21.2 Å². The number of aromatic nitrogens is 1. The quantitative estimate of drug-likeness (QED) is 0.438. The molecule has 3 amide bonds. The van der Waals surface area contributed by atoms with Crippen LogP contribution in [-0.4, -0.2) is 43.5 Å². The van der Waals surface area contributed by atoms with Crippen LogP contribution in [0.1, 0.15) is 15.9 Å². The molecule has 3 aromatic rings. The molecule has 1 heterocycles. The number of aromatic amines is 1. The van der Waals surface area contributed by atoms with E-state index in [1.807, 2.05) is 24.3 Å². The van der Waals surface area contributed by atoms with Crippen molar-refractivity contribution in [3.05, 3.63) is 59.8 Å². The maximum Gasteiger partial charge on any atom is 0.257 e. The second-order valence-electron chi connectivity index (χ2n) is 6.39. The molecular formula is C21H22N4O5. The van der Waals surface area contributed by atoms with E-state index in [9.17, 15) is 14.4 Å². The minimum Gasteiger partial charge on any atom is -0.493 e. The fraction of sp³-hybridized carbons (Fsp3) is 0.190. The van der Waals surface area contributed by atoms with Crippen LogP contribution in [-0.2, 0) is 16.0 Å². The summed E-state index contributed by atoms with van der Waals surface area (Å²) in [5.41, 5.74) is 6.68. The van der Waals surface area contributed by atoms with E-state index in [-0.39, 0.29) is 18.9 Å². The van der Waals surface area contributed by atoms with Crippen LogP contribution in [0.2, 0.25) is 0 Å². The summed E-state index contributed by atoms with van der Waals surface area (Å²) in [6, 6.07) is 12.3. The highest BCUT2D eigenvalue weighted by molar-refractivity contribution is 5.97. The maximum absolute atomic E-state index is 12.2. The van der Waals surface area contributed by atoms with Crippen LogP contribution in [0.3, 0.4) is 0 Å². The van der Waals surface area contributed by atoms with Crippen molar-refractivity contribution < 1.29 is 23.9 Å². The Labute approximate surface area is 172 Å². The largest absolute Gasteiger partial charge is 0.493 e. The molecule has 0 unspecified atom stereocenters. The van der Waals surface area contributed by atoms with Crippen molar-refractivity contribution in [2.75, 3.05) is 20.8 Å². The topological polar surface area (TPSA) is 122 Å². The number of hydrogen-bond acceptors (Lipinski definition) is 5. The number of rotatable bonds is 7. The van der Waals surface area contributed by atoms with Gasteiger partial charge in [-0.1, -0.05) is 18.2 Å². The SMILES string of the molecule is COc1ccc(C(=O)NCC(=O)NNC(=O)Cc2c[nH]c3ccccc23)cc1OC. The fourth-order valence-corrected chi connectivity index (χ4v) is 2.92. The van der Waals surface area contributed by atoms with E-state index >= 15 is 0 Å². The Hall–Kier alpha value is -4.01. The zero-order valence-corrected chi connectivity index (χ0v) is 16.6. The Morgan fingerprint density at radius 1 is 0.933 bits per heavy atom. The number of amides is 3. The summed E-state index contributed by atoms with van der Waals surface area (Å²) in [5, 5.41) is 3.42. The number of hydrogen-bond donors (Lipinski definition) is 4. The van der Waals surface area contributed by atoms with Gasteiger partial charge in [-0.25, -0.2) is 0 Å². The van der Waals surface area contributed by atoms with E-state index in [0.717, 1.165) is 16.5 Å². The van der Waals surface area contributed by atoms with E-state index in [2.05, 4.69) is 21.2 Å². The monoisotopic (exact) mass is 410 g/mol. The van der Waals surface area contributed by atoms with Crippen LogP contribution in [0.15, 0.2) is 48.7 Å². The van der Waals surface area contributed by atoms with Crippen molar-refractivity contribution in [1.29, 1.82) is 0 Å². The van der Waals surface area contributed by atoms with Crippen molar-refractivity contribution in [2.24, 2.45) is 0 Å². The molecule has 9 heteroatoms. The molecule has 0 aliphatic heterocycles. The first-order chi connectivity index (χ1) is 14.5. The third-order valence-corrected chi connectivity index (χ3v) is 4.42. The lowest BCUT2D eigenvalue weighted by molar-refractivity contribution is -0.128. The van der Waals surface area contributed by atoms with Crippen LogP contribution < -0.4 is 25.6 Å². The molecule has 1 aromatic heterocycles. The number of carbonyl (C=O) groups is 3. The molecule has 156 valence electrons. The van der Waals surface area contributed by atoms with Gasteiger partial charge in [0, 0.05) is 22.7 Å². The average molecular weight is 410 g/mol. The first-order valence-electron chi connectivity index (χ1n) is 9.14. The highest BCUT2D eigenvalue weighted by Gasteiger charge is 2.13. The van der Waals surface area contributed by atoms with Gasteiger partial charge >= 0.3 is 0 Å². The number of ether oxygens (including phenoxy) is 2. The number of hydrazine groups is 1. The summed E-state index contributed by atoms with van der Waals surface area (Å²) < 4.78 is 10.3. The van der Waals surface area contributed by atoms with E-state index in [0.29, 0.717) is 17.1 Å². The lowest BCUT2D eigenvalue weighted by Gasteiger charge is -2.10. The summed E-state index contributed by atoms with van der Waals surface area (Å²) in [5.74, 6) is -0.504. The highest BCUT2D eigenvalue weighted by Crippen LogP contribution is 2.27. The summed E-state index contributed by atoms with van der Waals surface area (Å²) in [6.45, 7) is -0.305. The predicted molar refractivity (Wildman–Crippen MR) is 110 cm³/mol. The minimum atomic E-state index is -0.559. The normalized spacial score (nSPS) is 10.3. The molecule has 0 radical (unpaired) electrons. The number of fused-ring (bicyclic) bond motifs is 1. The van der Waals surface area contributed by atoms with Crippen LogP contribution in [0.25, 0.3) is 10.9 Å². The number of benzene rings is 2. The molecule has 30 heavy (non-hydrogen) atoms. The van der Waals surface area contributed by atoms with Crippen LogP contribution >= 0.6 is 0 Å². The number of H-pyrrole nitrogens is 1. The van der Waals surface area contributed by atoms with Crippen molar-refractivity contribution in [3.63, 3.8) is 0 Å². The standard InChI is InChI=1S/C21H22N4O5/c1-29-17-8-7-13(9-18(17)30-2)21(28)23-12-20(27)25-24-19(26)10-14-11-22-16-6-4-3-5-15(14)16/h3-9,11,22H,10,12H2,1-2H3,(H,23,28)(H,24,26)(H,25,27). The van der Waals surface area contributed by atoms with Gasteiger partial charge in [0.25, 0.3) is 11.8 Å².